The second-order valence-electron chi connectivity index (χ2n) is 3.88. The summed E-state index contributed by atoms with van der Waals surface area (Å²) in [6.07, 6.45) is 0.797. The quantitative estimate of drug-likeness (QED) is 0.358. The van der Waals surface area contributed by atoms with Gasteiger partial charge in [0.2, 0.25) is 0 Å². The number of aromatic carboxylic acids is 1. The fraction of sp³-hybridized carbons (Fsp3) is 0.417. The fourth-order valence-corrected chi connectivity index (χ4v) is 2.53. The molecular weight excluding hydrogens is 270 g/mol. The SMILES string of the molecule is COCCCSc1cc(C(=O)O)cc([N+](=O)[O-])c1C. The van der Waals surface area contributed by atoms with E-state index in [2.05, 4.69) is 0 Å². The first-order chi connectivity index (χ1) is 8.97. The van der Waals surface area contributed by atoms with Crippen LogP contribution in [-0.2, 0) is 4.74 Å². The number of carboxylic acid groups (broad SMARTS) is 1. The lowest BCUT2D eigenvalue weighted by atomic mass is 10.1. The molecule has 0 radical (unpaired) electrons. The standard InChI is InChI=1S/C12H15NO5S/c1-8-10(13(16)17)6-9(12(14)15)7-11(8)19-5-3-4-18-2/h6-7H,3-5H2,1-2H3,(H,14,15). The summed E-state index contributed by atoms with van der Waals surface area (Å²) >= 11 is 1.40. The van der Waals surface area contributed by atoms with E-state index in [1.54, 1.807) is 14.0 Å². The number of rotatable bonds is 7. The average molecular weight is 285 g/mol. The van der Waals surface area contributed by atoms with Crippen LogP contribution in [-0.4, -0.2) is 35.5 Å². The maximum atomic E-state index is 11.0. The van der Waals surface area contributed by atoms with Crippen molar-refractivity contribution in [1.29, 1.82) is 0 Å². The Kier molecular flexibility index (Phi) is 5.78. The van der Waals surface area contributed by atoms with E-state index in [0.29, 0.717) is 17.1 Å². The lowest BCUT2D eigenvalue weighted by molar-refractivity contribution is -0.385. The van der Waals surface area contributed by atoms with Crippen LogP contribution in [0.4, 0.5) is 5.69 Å². The molecule has 0 aliphatic carbocycles. The Morgan fingerprint density at radius 1 is 1.53 bits per heavy atom. The zero-order chi connectivity index (χ0) is 14.4. The lowest BCUT2D eigenvalue weighted by Crippen LogP contribution is -2.02. The minimum atomic E-state index is -1.16. The number of methoxy groups -OCH3 is 1. The van der Waals surface area contributed by atoms with Gasteiger partial charge in [0.15, 0.2) is 0 Å². The van der Waals surface area contributed by atoms with Gasteiger partial charge in [0.25, 0.3) is 5.69 Å². The van der Waals surface area contributed by atoms with Gasteiger partial charge in [0, 0.05) is 36.0 Å². The molecule has 1 rings (SSSR count). The van der Waals surface area contributed by atoms with Crippen molar-refractivity contribution in [3.63, 3.8) is 0 Å². The molecule has 0 aliphatic rings. The third-order valence-electron chi connectivity index (χ3n) is 2.53. The van der Waals surface area contributed by atoms with E-state index in [1.807, 2.05) is 0 Å². The van der Waals surface area contributed by atoms with Gasteiger partial charge in [-0.05, 0) is 19.4 Å². The Hall–Kier alpha value is -1.60. The molecule has 0 aliphatic heterocycles. The van der Waals surface area contributed by atoms with Crippen LogP contribution in [0.15, 0.2) is 17.0 Å². The zero-order valence-corrected chi connectivity index (χ0v) is 11.5. The van der Waals surface area contributed by atoms with Crippen molar-refractivity contribution in [1.82, 2.24) is 0 Å². The molecule has 0 atom stereocenters. The van der Waals surface area contributed by atoms with Gasteiger partial charge in [0.05, 0.1) is 10.5 Å². The largest absolute Gasteiger partial charge is 0.478 e. The van der Waals surface area contributed by atoms with E-state index in [9.17, 15) is 14.9 Å². The number of benzene rings is 1. The minimum absolute atomic E-state index is 0.0634. The van der Waals surface area contributed by atoms with E-state index in [4.69, 9.17) is 9.84 Å². The Morgan fingerprint density at radius 3 is 2.74 bits per heavy atom. The molecule has 0 unspecified atom stereocenters. The van der Waals surface area contributed by atoms with E-state index >= 15 is 0 Å². The Labute approximate surface area is 114 Å². The molecule has 104 valence electrons. The predicted octanol–water partition coefficient (Wildman–Crippen LogP) is 2.73. The van der Waals surface area contributed by atoms with Crippen LogP contribution in [0.2, 0.25) is 0 Å². The Morgan fingerprint density at radius 2 is 2.21 bits per heavy atom. The molecular formula is C12H15NO5S. The van der Waals surface area contributed by atoms with Gasteiger partial charge in [-0.15, -0.1) is 11.8 Å². The summed E-state index contributed by atoms with van der Waals surface area (Å²) in [6.45, 7) is 2.23. The fourth-order valence-electron chi connectivity index (χ4n) is 1.52. The number of ether oxygens (including phenoxy) is 1. The van der Waals surface area contributed by atoms with E-state index in [-0.39, 0.29) is 11.3 Å². The number of nitro benzene ring substituents is 1. The molecule has 6 nitrogen and oxygen atoms in total. The molecule has 0 saturated heterocycles. The van der Waals surface area contributed by atoms with Gasteiger partial charge in [-0.1, -0.05) is 0 Å². The van der Waals surface area contributed by atoms with Crippen LogP contribution in [0, 0.1) is 17.0 Å². The van der Waals surface area contributed by atoms with E-state index in [0.717, 1.165) is 18.2 Å². The summed E-state index contributed by atoms with van der Waals surface area (Å²) in [6, 6.07) is 2.57. The maximum absolute atomic E-state index is 11.0. The number of hydrogen-bond acceptors (Lipinski definition) is 5. The number of hydrogen-bond donors (Lipinski definition) is 1. The predicted molar refractivity (Wildman–Crippen MR) is 72.0 cm³/mol. The third kappa shape index (κ3) is 4.22. The normalized spacial score (nSPS) is 10.4. The van der Waals surface area contributed by atoms with Crippen LogP contribution in [0.5, 0.6) is 0 Å². The highest BCUT2D eigenvalue weighted by molar-refractivity contribution is 7.99. The van der Waals surface area contributed by atoms with Crippen molar-refractivity contribution in [2.45, 2.75) is 18.2 Å². The molecule has 0 saturated carbocycles. The molecule has 0 fully saturated rings. The maximum Gasteiger partial charge on any atom is 0.335 e. The second-order valence-corrected chi connectivity index (χ2v) is 5.01. The molecule has 0 aromatic heterocycles. The first-order valence-corrected chi connectivity index (χ1v) is 6.60. The lowest BCUT2D eigenvalue weighted by Gasteiger charge is -2.07. The summed E-state index contributed by atoms with van der Waals surface area (Å²) in [5.41, 5.74) is 0.276. The first kappa shape index (κ1) is 15.5. The van der Waals surface area contributed by atoms with Crippen molar-refractivity contribution >= 4 is 23.4 Å². The minimum Gasteiger partial charge on any atom is -0.478 e. The number of nitro groups is 1. The van der Waals surface area contributed by atoms with Gasteiger partial charge in [0.1, 0.15) is 0 Å². The first-order valence-electron chi connectivity index (χ1n) is 5.61. The zero-order valence-electron chi connectivity index (χ0n) is 10.7. The van der Waals surface area contributed by atoms with Gasteiger partial charge >= 0.3 is 5.97 Å². The van der Waals surface area contributed by atoms with Gasteiger partial charge in [-0.25, -0.2) is 4.79 Å². The molecule has 0 spiro atoms. The molecule has 1 aromatic carbocycles. The highest BCUT2D eigenvalue weighted by atomic mass is 32.2. The topological polar surface area (TPSA) is 89.7 Å². The number of nitrogens with zero attached hydrogens (tertiary/aromatic N) is 1. The summed E-state index contributed by atoms with van der Waals surface area (Å²) in [4.78, 5) is 21.9. The van der Waals surface area contributed by atoms with Crippen molar-refractivity contribution < 1.29 is 19.6 Å². The van der Waals surface area contributed by atoms with E-state index < -0.39 is 10.9 Å². The molecule has 1 aromatic rings. The summed E-state index contributed by atoms with van der Waals surface area (Å²) in [5.74, 6) is -0.448. The molecule has 1 N–H and O–H groups in total. The van der Waals surface area contributed by atoms with Crippen LogP contribution in [0.3, 0.4) is 0 Å². The third-order valence-corrected chi connectivity index (χ3v) is 3.75. The highest BCUT2D eigenvalue weighted by Crippen LogP contribution is 2.31. The Balaban J connectivity index is 3.01. The monoisotopic (exact) mass is 285 g/mol. The second kappa shape index (κ2) is 7.10. The number of carbonyl (C=O) groups is 1. The molecule has 0 amide bonds. The summed E-state index contributed by atoms with van der Waals surface area (Å²) in [5, 5.41) is 19.9. The van der Waals surface area contributed by atoms with Crippen molar-refractivity contribution in [3.8, 4) is 0 Å². The van der Waals surface area contributed by atoms with E-state index in [1.165, 1.54) is 17.8 Å². The molecule has 0 bridgehead atoms. The number of carboxylic acids is 1. The van der Waals surface area contributed by atoms with Crippen molar-refractivity contribution in [2.75, 3.05) is 19.5 Å². The van der Waals surface area contributed by atoms with Gasteiger partial charge < -0.3 is 9.84 Å². The van der Waals surface area contributed by atoms with Crippen molar-refractivity contribution in [2.24, 2.45) is 0 Å². The smallest absolute Gasteiger partial charge is 0.335 e. The highest BCUT2D eigenvalue weighted by Gasteiger charge is 2.19. The number of thioether (sulfide) groups is 1. The van der Waals surface area contributed by atoms with Crippen LogP contribution >= 0.6 is 11.8 Å². The average Bonchev–Trinajstić information content (AvgIpc) is 2.35. The van der Waals surface area contributed by atoms with Gasteiger partial charge in [-0.2, -0.15) is 0 Å². The Bertz CT molecular complexity index is 489. The molecule has 19 heavy (non-hydrogen) atoms. The van der Waals surface area contributed by atoms with Crippen molar-refractivity contribution in [3.05, 3.63) is 33.4 Å². The van der Waals surface area contributed by atoms with Crippen LogP contribution in [0.25, 0.3) is 0 Å². The van der Waals surface area contributed by atoms with Crippen LogP contribution in [0.1, 0.15) is 22.3 Å². The molecule has 7 heteroatoms. The summed E-state index contributed by atoms with van der Waals surface area (Å²) < 4.78 is 4.92. The van der Waals surface area contributed by atoms with Crippen LogP contribution < -0.4 is 0 Å². The molecule has 0 heterocycles. The van der Waals surface area contributed by atoms with Gasteiger partial charge in [-0.3, -0.25) is 10.1 Å². The summed E-state index contributed by atoms with van der Waals surface area (Å²) in [7, 11) is 1.60.